The summed E-state index contributed by atoms with van der Waals surface area (Å²) in [6.07, 6.45) is 2.23. The Morgan fingerprint density at radius 2 is 2.07 bits per heavy atom. The minimum absolute atomic E-state index is 0.126. The number of hydrazone groups is 1. The van der Waals surface area contributed by atoms with E-state index in [9.17, 15) is 4.79 Å². The van der Waals surface area contributed by atoms with Gasteiger partial charge >= 0.3 is 0 Å². The number of hydrogen-bond donors (Lipinski definition) is 1. The van der Waals surface area contributed by atoms with Gasteiger partial charge in [-0.15, -0.1) is 0 Å². The highest BCUT2D eigenvalue weighted by molar-refractivity contribution is 6.36. The summed E-state index contributed by atoms with van der Waals surface area (Å²) in [5.74, 6) is 0.358. The minimum Gasteiger partial charge on any atom is -0.385 e. The third-order valence-corrected chi connectivity index (χ3v) is 4.48. The fourth-order valence-corrected chi connectivity index (χ4v) is 3.05. The van der Waals surface area contributed by atoms with Gasteiger partial charge in [0.05, 0.1) is 22.1 Å². The van der Waals surface area contributed by atoms with Gasteiger partial charge in [0.15, 0.2) is 0 Å². The van der Waals surface area contributed by atoms with Gasteiger partial charge in [0, 0.05) is 30.8 Å². The SMILES string of the molecule is COCCCn1c(N/N=C\c2ccc(Cl)cc2Cl)nc2ccccc2c1=O. The summed E-state index contributed by atoms with van der Waals surface area (Å²) in [4.78, 5) is 17.3. The Morgan fingerprint density at radius 3 is 2.85 bits per heavy atom. The molecule has 6 nitrogen and oxygen atoms in total. The zero-order chi connectivity index (χ0) is 19.2. The molecule has 0 aliphatic carbocycles. The fraction of sp³-hybridized carbons (Fsp3) is 0.211. The van der Waals surface area contributed by atoms with Crippen molar-refractivity contribution < 1.29 is 4.74 Å². The van der Waals surface area contributed by atoms with Gasteiger partial charge in [0.25, 0.3) is 5.56 Å². The second kappa shape index (κ2) is 8.99. The third-order valence-electron chi connectivity index (χ3n) is 3.92. The second-order valence-corrected chi connectivity index (χ2v) is 6.64. The molecule has 0 amide bonds. The van der Waals surface area contributed by atoms with Crippen LogP contribution < -0.4 is 11.0 Å². The predicted octanol–water partition coefficient (Wildman–Crippen LogP) is 4.19. The van der Waals surface area contributed by atoms with Gasteiger partial charge < -0.3 is 4.74 Å². The maximum absolute atomic E-state index is 12.8. The molecule has 1 aromatic heterocycles. The van der Waals surface area contributed by atoms with Crippen LogP contribution in [0.4, 0.5) is 5.95 Å². The van der Waals surface area contributed by atoms with Gasteiger partial charge in [-0.25, -0.2) is 10.4 Å². The summed E-state index contributed by atoms with van der Waals surface area (Å²) >= 11 is 12.0. The first-order valence-corrected chi connectivity index (χ1v) is 9.08. The van der Waals surface area contributed by atoms with Gasteiger partial charge in [0.2, 0.25) is 5.95 Å². The molecule has 1 heterocycles. The van der Waals surface area contributed by atoms with Gasteiger partial charge in [-0.05, 0) is 30.7 Å². The number of ether oxygens (including phenoxy) is 1. The van der Waals surface area contributed by atoms with E-state index in [1.54, 1.807) is 48.2 Å². The van der Waals surface area contributed by atoms with Crippen molar-refractivity contribution in [1.82, 2.24) is 9.55 Å². The van der Waals surface area contributed by atoms with Crippen molar-refractivity contribution in [2.45, 2.75) is 13.0 Å². The summed E-state index contributed by atoms with van der Waals surface area (Å²) in [5, 5.41) is 5.78. The Balaban J connectivity index is 1.92. The topological polar surface area (TPSA) is 68.5 Å². The quantitative estimate of drug-likeness (QED) is 0.364. The third kappa shape index (κ3) is 4.66. The molecule has 0 unspecified atom stereocenters. The number of aromatic nitrogens is 2. The molecule has 0 spiro atoms. The number of hydrogen-bond acceptors (Lipinski definition) is 5. The van der Waals surface area contributed by atoms with Crippen LogP contribution in [0.2, 0.25) is 10.0 Å². The van der Waals surface area contributed by atoms with Crippen LogP contribution in [0.5, 0.6) is 0 Å². The summed E-state index contributed by atoms with van der Waals surface area (Å²) in [6, 6.07) is 12.3. The predicted molar refractivity (Wildman–Crippen MR) is 110 cm³/mol. The fourth-order valence-electron chi connectivity index (χ4n) is 2.59. The summed E-state index contributed by atoms with van der Waals surface area (Å²) in [6.45, 7) is 1.01. The highest BCUT2D eigenvalue weighted by atomic mass is 35.5. The molecule has 0 bridgehead atoms. The number of nitrogens with zero attached hydrogens (tertiary/aromatic N) is 3. The molecule has 8 heteroatoms. The van der Waals surface area contributed by atoms with Crippen molar-refractivity contribution in [3.63, 3.8) is 0 Å². The molecule has 0 atom stereocenters. The van der Waals surface area contributed by atoms with Crippen LogP contribution in [0.25, 0.3) is 10.9 Å². The molecule has 27 heavy (non-hydrogen) atoms. The number of methoxy groups -OCH3 is 1. The second-order valence-electron chi connectivity index (χ2n) is 5.79. The van der Waals surface area contributed by atoms with Crippen LogP contribution in [0.3, 0.4) is 0 Å². The average molecular weight is 405 g/mol. The maximum atomic E-state index is 12.8. The Morgan fingerprint density at radius 1 is 1.26 bits per heavy atom. The highest BCUT2D eigenvalue weighted by Gasteiger charge is 2.10. The van der Waals surface area contributed by atoms with Crippen molar-refractivity contribution in [2.75, 3.05) is 19.1 Å². The molecule has 2 aromatic carbocycles. The zero-order valence-electron chi connectivity index (χ0n) is 14.7. The van der Waals surface area contributed by atoms with Gasteiger partial charge in [-0.2, -0.15) is 5.10 Å². The molecule has 0 aliphatic rings. The first-order valence-electron chi connectivity index (χ1n) is 8.33. The summed E-state index contributed by atoms with van der Waals surface area (Å²) < 4.78 is 6.64. The van der Waals surface area contributed by atoms with Crippen molar-refractivity contribution in [2.24, 2.45) is 5.10 Å². The van der Waals surface area contributed by atoms with Crippen LogP contribution >= 0.6 is 23.2 Å². The maximum Gasteiger partial charge on any atom is 0.262 e. The molecule has 3 rings (SSSR count). The largest absolute Gasteiger partial charge is 0.385 e. The van der Waals surface area contributed by atoms with E-state index in [2.05, 4.69) is 15.5 Å². The van der Waals surface area contributed by atoms with Crippen LogP contribution in [0, 0.1) is 0 Å². The Labute approximate surface area is 166 Å². The number of para-hydroxylation sites is 1. The van der Waals surface area contributed by atoms with Crippen LogP contribution in [0.15, 0.2) is 52.4 Å². The lowest BCUT2D eigenvalue weighted by atomic mass is 10.2. The summed E-state index contributed by atoms with van der Waals surface area (Å²) in [7, 11) is 1.63. The molecule has 0 saturated heterocycles. The molecular weight excluding hydrogens is 387 g/mol. The Kier molecular flexibility index (Phi) is 6.45. The van der Waals surface area contributed by atoms with Crippen LogP contribution in [0.1, 0.15) is 12.0 Å². The number of benzene rings is 2. The van der Waals surface area contributed by atoms with Gasteiger partial charge in [-0.3, -0.25) is 9.36 Å². The molecular formula is C19H18Cl2N4O2. The molecule has 0 radical (unpaired) electrons. The number of anilines is 1. The standard InChI is InChI=1S/C19H18Cl2N4O2/c1-27-10-4-9-25-18(26)15-5-2-3-6-17(15)23-19(25)24-22-12-13-7-8-14(20)11-16(13)21/h2-3,5-8,11-12H,4,9-10H2,1H3,(H,23,24)/b22-12-. The monoisotopic (exact) mass is 404 g/mol. The molecule has 0 fully saturated rings. The van der Waals surface area contributed by atoms with E-state index in [-0.39, 0.29) is 5.56 Å². The van der Waals surface area contributed by atoms with E-state index in [0.717, 1.165) is 0 Å². The number of halogens is 2. The van der Waals surface area contributed by atoms with Crippen LogP contribution in [-0.2, 0) is 11.3 Å². The molecule has 3 aromatic rings. The first kappa shape index (κ1) is 19.4. The Hall–Kier alpha value is -2.41. The van der Waals surface area contributed by atoms with E-state index in [0.29, 0.717) is 52.0 Å². The van der Waals surface area contributed by atoms with E-state index in [1.165, 1.54) is 0 Å². The highest BCUT2D eigenvalue weighted by Crippen LogP contribution is 2.19. The van der Waals surface area contributed by atoms with Gasteiger partial charge in [-0.1, -0.05) is 41.4 Å². The average Bonchev–Trinajstić information content (AvgIpc) is 2.66. The first-order chi connectivity index (χ1) is 13.1. The van der Waals surface area contributed by atoms with Crippen molar-refractivity contribution in [1.29, 1.82) is 0 Å². The minimum atomic E-state index is -0.126. The lowest BCUT2D eigenvalue weighted by molar-refractivity contribution is 0.190. The van der Waals surface area contributed by atoms with E-state index in [4.69, 9.17) is 27.9 Å². The van der Waals surface area contributed by atoms with Crippen LogP contribution in [-0.4, -0.2) is 29.5 Å². The normalized spacial score (nSPS) is 11.4. The van der Waals surface area contributed by atoms with E-state index >= 15 is 0 Å². The van der Waals surface area contributed by atoms with Crippen molar-refractivity contribution in [3.8, 4) is 0 Å². The molecule has 0 aliphatic heterocycles. The zero-order valence-corrected chi connectivity index (χ0v) is 16.2. The summed E-state index contributed by atoms with van der Waals surface area (Å²) in [5.41, 5.74) is 4.03. The number of rotatable bonds is 7. The Bertz CT molecular complexity index is 1030. The lowest BCUT2D eigenvalue weighted by Crippen LogP contribution is -2.24. The number of fused-ring (bicyclic) bond motifs is 1. The van der Waals surface area contributed by atoms with E-state index in [1.807, 2.05) is 12.1 Å². The molecule has 0 saturated carbocycles. The molecule has 140 valence electrons. The number of nitrogens with one attached hydrogen (secondary N) is 1. The van der Waals surface area contributed by atoms with Gasteiger partial charge in [0.1, 0.15) is 0 Å². The van der Waals surface area contributed by atoms with Crippen molar-refractivity contribution >= 4 is 46.3 Å². The van der Waals surface area contributed by atoms with E-state index < -0.39 is 0 Å². The molecule has 1 N–H and O–H groups in total. The lowest BCUT2D eigenvalue weighted by Gasteiger charge is -2.12. The smallest absolute Gasteiger partial charge is 0.262 e. The van der Waals surface area contributed by atoms with Crippen molar-refractivity contribution in [3.05, 3.63) is 68.4 Å².